The molecule has 6 heteroatoms. The number of nitrogens with zero attached hydrogens (tertiary/aromatic N) is 2. The van der Waals surface area contributed by atoms with E-state index >= 15 is 0 Å². The number of rotatable bonds is 5. The highest BCUT2D eigenvalue weighted by atomic mass is 32.2. The first-order valence-electron chi connectivity index (χ1n) is 5.82. The molecule has 104 valence electrons. The molecule has 0 radical (unpaired) electrons. The molecule has 1 aromatic carbocycles. The molecule has 0 unspecified atom stereocenters. The smallest absolute Gasteiger partial charge is 0.180 e. The van der Waals surface area contributed by atoms with Gasteiger partial charge in [0.1, 0.15) is 0 Å². The Balaban J connectivity index is 2.91. The van der Waals surface area contributed by atoms with E-state index in [1.54, 1.807) is 13.3 Å². The number of hydrogen-bond donors (Lipinski definition) is 1. The average molecular weight is 281 g/mol. The largest absolute Gasteiger partial charge is 0.493 e. The van der Waals surface area contributed by atoms with Crippen LogP contribution in [-0.2, 0) is 0 Å². The summed E-state index contributed by atoms with van der Waals surface area (Å²) < 4.78 is 10.9. The van der Waals surface area contributed by atoms with Crippen LogP contribution >= 0.6 is 11.8 Å². The topological polar surface area (TPSA) is 69.2 Å². The van der Waals surface area contributed by atoms with Gasteiger partial charge in [0.2, 0.25) is 0 Å². The van der Waals surface area contributed by atoms with Gasteiger partial charge >= 0.3 is 0 Å². The number of methoxy groups -OCH3 is 1. The number of nitrogens with two attached hydrogens (primary N) is 1. The van der Waals surface area contributed by atoms with Gasteiger partial charge < -0.3 is 15.2 Å². The molecular formula is C13H19N3O2S. The number of ether oxygens (including phenoxy) is 2. The highest BCUT2D eigenvalue weighted by Crippen LogP contribution is 2.28. The lowest BCUT2D eigenvalue weighted by Crippen LogP contribution is -2.07. The molecular weight excluding hydrogens is 262 g/mol. The van der Waals surface area contributed by atoms with Crippen LogP contribution in [0.4, 0.5) is 0 Å². The van der Waals surface area contributed by atoms with Crippen molar-refractivity contribution >= 4 is 23.1 Å². The quantitative estimate of drug-likeness (QED) is 0.511. The first-order chi connectivity index (χ1) is 9.06. The van der Waals surface area contributed by atoms with Gasteiger partial charge in [0.25, 0.3) is 0 Å². The number of benzene rings is 1. The van der Waals surface area contributed by atoms with Crippen LogP contribution in [-0.4, -0.2) is 30.9 Å². The summed E-state index contributed by atoms with van der Waals surface area (Å²) in [6, 6.07) is 5.56. The molecule has 2 N–H and O–H groups in total. The zero-order valence-corrected chi connectivity index (χ0v) is 12.4. The molecule has 0 aliphatic carbocycles. The lowest BCUT2D eigenvalue weighted by Gasteiger charge is -2.13. The summed E-state index contributed by atoms with van der Waals surface area (Å²) in [5.41, 5.74) is 6.40. The van der Waals surface area contributed by atoms with Crippen LogP contribution < -0.4 is 15.2 Å². The van der Waals surface area contributed by atoms with Crippen LogP contribution in [0.5, 0.6) is 11.5 Å². The van der Waals surface area contributed by atoms with Crippen LogP contribution in [0.1, 0.15) is 19.4 Å². The molecule has 0 bridgehead atoms. The van der Waals surface area contributed by atoms with Crippen LogP contribution in [0.25, 0.3) is 0 Å². The molecule has 0 spiro atoms. The fraction of sp³-hybridized carbons (Fsp3) is 0.385. The third kappa shape index (κ3) is 5.21. The lowest BCUT2D eigenvalue weighted by molar-refractivity contribution is 0.230. The Morgan fingerprint density at radius 1 is 1.37 bits per heavy atom. The van der Waals surface area contributed by atoms with Gasteiger partial charge in [-0.3, -0.25) is 0 Å². The first kappa shape index (κ1) is 15.4. The second-order valence-electron chi connectivity index (χ2n) is 3.96. The van der Waals surface area contributed by atoms with E-state index in [0.717, 1.165) is 5.56 Å². The molecule has 0 amide bonds. The minimum atomic E-state index is 0.0752. The van der Waals surface area contributed by atoms with E-state index < -0.39 is 0 Å². The Hall–Kier alpha value is -1.69. The molecule has 1 rings (SSSR count). The highest BCUT2D eigenvalue weighted by Gasteiger charge is 2.06. The van der Waals surface area contributed by atoms with Crippen LogP contribution in [0.15, 0.2) is 28.4 Å². The highest BCUT2D eigenvalue weighted by molar-refractivity contribution is 8.13. The van der Waals surface area contributed by atoms with Crippen molar-refractivity contribution in [2.45, 2.75) is 20.0 Å². The maximum Gasteiger partial charge on any atom is 0.180 e. The van der Waals surface area contributed by atoms with Crippen molar-refractivity contribution in [1.29, 1.82) is 0 Å². The second kappa shape index (κ2) is 7.68. The molecule has 1 aromatic rings. The van der Waals surface area contributed by atoms with E-state index in [1.165, 1.54) is 11.8 Å². The standard InChI is InChI=1S/C13H19N3O2S/c1-9(2)18-12-7-10(5-6-11(12)17-3)8-15-16-13(14)19-4/h5-9H,1-4H3,(H2,14,16)/b15-8-. The van der Waals surface area contributed by atoms with E-state index in [1.807, 2.05) is 38.3 Å². The molecule has 0 heterocycles. The molecule has 0 aromatic heterocycles. The van der Waals surface area contributed by atoms with Crippen molar-refractivity contribution in [3.8, 4) is 11.5 Å². The molecule has 0 fully saturated rings. The van der Waals surface area contributed by atoms with Gasteiger partial charge in [-0.1, -0.05) is 11.8 Å². The van der Waals surface area contributed by atoms with E-state index in [4.69, 9.17) is 15.2 Å². The normalized spacial score (nSPS) is 12.2. The summed E-state index contributed by atoms with van der Waals surface area (Å²) >= 11 is 1.35. The maximum atomic E-state index is 5.67. The monoisotopic (exact) mass is 281 g/mol. The number of amidine groups is 1. The van der Waals surface area contributed by atoms with Gasteiger partial charge in [-0.25, -0.2) is 0 Å². The third-order valence-electron chi connectivity index (χ3n) is 2.12. The van der Waals surface area contributed by atoms with Gasteiger partial charge in [0.05, 0.1) is 19.4 Å². The van der Waals surface area contributed by atoms with E-state index in [0.29, 0.717) is 16.7 Å². The summed E-state index contributed by atoms with van der Waals surface area (Å²) in [5, 5.41) is 8.15. The Bertz CT molecular complexity index is 473. The van der Waals surface area contributed by atoms with Crippen molar-refractivity contribution in [3.05, 3.63) is 23.8 Å². The summed E-state index contributed by atoms with van der Waals surface area (Å²) in [6.07, 6.45) is 3.54. The van der Waals surface area contributed by atoms with Crippen LogP contribution in [0, 0.1) is 0 Å². The summed E-state index contributed by atoms with van der Waals surface area (Å²) in [5.74, 6) is 1.38. The summed E-state index contributed by atoms with van der Waals surface area (Å²) in [6.45, 7) is 3.92. The SMILES string of the molecule is COc1ccc(/C=N\N=C(/N)SC)cc1OC(C)C. The van der Waals surface area contributed by atoms with E-state index in [2.05, 4.69) is 10.2 Å². The Kier molecular flexibility index (Phi) is 6.21. The fourth-order valence-corrected chi connectivity index (χ4v) is 1.44. The number of thioether (sulfide) groups is 1. The average Bonchev–Trinajstić information content (AvgIpc) is 2.38. The summed E-state index contributed by atoms with van der Waals surface area (Å²) in [7, 11) is 1.61. The predicted molar refractivity (Wildman–Crippen MR) is 81.5 cm³/mol. The van der Waals surface area contributed by atoms with Gasteiger partial charge in [-0.15, -0.1) is 5.10 Å². The molecule has 0 aliphatic heterocycles. The fourth-order valence-electron chi connectivity index (χ4n) is 1.31. The molecule has 0 saturated heterocycles. The Labute approximate surface area is 117 Å². The van der Waals surface area contributed by atoms with E-state index in [9.17, 15) is 0 Å². The van der Waals surface area contributed by atoms with Crippen LogP contribution in [0.3, 0.4) is 0 Å². The third-order valence-corrected chi connectivity index (χ3v) is 2.62. The van der Waals surface area contributed by atoms with Crippen LogP contribution in [0.2, 0.25) is 0 Å². The van der Waals surface area contributed by atoms with Gasteiger partial charge in [0, 0.05) is 0 Å². The molecule has 0 saturated carbocycles. The van der Waals surface area contributed by atoms with Crippen molar-refractivity contribution in [1.82, 2.24) is 0 Å². The molecule has 0 aliphatic rings. The molecule has 0 atom stereocenters. The summed E-state index contributed by atoms with van der Waals surface area (Å²) in [4.78, 5) is 0. The van der Waals surface area contributed by atoms with Crippen molar-refractivity contribution in [3.63, 3.8) is 0 Å². The zero-order valence-electron chi connectivity index (χ0n) is 11.6. The molecule has 5 nitrogen and oxygen atoms in total. The van der Waals surface area contributed by atoms with E-state index in [-0.39, 0.29) is 6.10 Å². The second-order valence-corrected chi connectivity index (χ2v) is 4.79. The van der Waals surface area contributed by atoms with Crippen molar-refractivity contribution < 1.29 is 9.47 Å². The Morgan fingerprint density at radius 2 is 2.11 bits per heavy atom. The predicted octanol–water partition coefficient (Wildman–Crippen LogP) is 2.49. The van der Waals surface area contributed by atoms with Gasteiger partial charge in [-0.05, 0) is 43.9 Å². The zero-order chi connectivity index (χ0) is 14.3. The number of hydrogen-bond acceptors (Lipinski definition) is 5. The Morgan fingerprint density at radius 3 is 2.68 bits per heavy atom. The first-order valence-corrected chi connectivity index (χ1v) is 7.04. The van der Waals surface area contributed by atoms with Crippen molar-refractivity contribution in [2.75, 3.05) is 13.4 Å². The van der Waals surface area contributed by atoms with Crippen molar-refractivity contribution in [2.24, 2.45) is 15.9 Å². The minimum absolute atomic E-state index is 0.0752. The van der Waals surface area contributed by atoms with Gasteiger partial charge in [0.15, 0.2) is 16.7 Å². The molecule has 19 heavy (non-hydrogen) atoms. The van der Waals surface area contributed by atoms with Gasteiger partial charge in [-0.2, -0.15) is 5.10 Å². The maximum absolute atomic E-state index is 5.67. The minimum Gasteiger partial charge on any atom is -0.493 e. The lowest BCUT2D eigenvalue weighted by atomic mass is 10.2.